The van der Waals surface area contributed by atoms with Crippen molar-refractivity contribution in [1.82, 2.24) is 5.43 Å². The van der Waals surface area contributed by atoms with Gasteiger partial charge in [0.25, 0.3) is 11.6 Å². The Labute approximate surface area is 144 Å². The lowest BCUT2D eigenvalue weighted by atomic mass is 10.2. The zero-order valence-corrected chi connectivity index (χ0v) is 13.7. The molecule has 8 heteroatoms. The lowest BCUT2D eigenvalue weighted by Gasteiger charge is -2.13. The van der Waals surface area contributed by atoms with Crippen LogP contribution in [0.4, 0.5) is 5.69 Å². The number of hydrogen-bond acceptors (Lipinski definition) is 6. The van der Waals surface area contributed by atoms with Gasteiger partial charge in [-0.05, 0) is 37.3 Å². The molecule has 0 aliphatic heterocycles. The number of nitrogens with zero attached hydrogens (tertiary/aromatic N) is 2. The van der Waals surface area contributed by atoms with Gasteiger partial charge in [-0.3, -0.25) is 14.9 Å². The Hall–Kier alpha value is -3.42. The molecule has 0 bridgehead atoms. The molecule has 0 aliphatic carbocycles. The molecule has 0 aromatic heterocycles. The number of nitrogens with one attached hydrogen (secondary N) is 1. The van der Waals surface area contributed by atoms with Crippen LogP contribution in [0.3, 0.4) is 0 Å². The first-order valence-corrected chi connectivity index (χ1v) is 7.38. The fraction of sp³-hybridized carbons (Fsp3) is 0.176. The fourth-order valence-corrected chi connectivity index (χ4v) is 1.93. The summed E-state index contributed by atoms with van der Waals surface area (Å²) < 4.78 is 10.5. The number of para-hydroxylation sites is 1. The van der Waals surface area contributed by atoms with E-state index in [0.717, 1.165) is 0 Å². The number of nitro groups is 1. The number of hydrazone groups is 1. The molecule has 130 valence electrons. The summed E-state index contributed by atoms with van der Waals surface area (Å²) in [6, 6.07) is 12.9. The van der Waals surface area contributed by atoms with Crippen LogP contribution in [-0.4, -0.2) is 30.3 Å². The van der Waals surface area contributed by atoms with Gasteiger partial charge in [0.15, 0.2) is 6.10 Å². The van der Waals surface area contributed by atoms with Gasteiger partial charge in [0.05, 0.1) is 23.8 Å². The molecule has 0 radical (unpaired) electrons. The highest BCUT2D eigenvalue weighted by Crippen LogP contribution is 2.18. The third kappa shape index (κ3) is 5.03. The second-order valence-electron chi connectivity index (χ2n) is 4.99. The molecule has 2 aromatic carbocycles. The normalized spacial score (nSPS) is 11.8. The SMILES string of the molecule is COc1ccc(OC(C)C(=O)NN=Cc2ccccc2[N+](=O)[O-])cc1. The molecule has 1 unspecified atom stereocenters. The van der Waals surface area contributed by atoms with Crippen molar-refractivity contribution >= 4 is 17.8 Å². The maximum atomic E-state index is 12.0. The van der Waals surface area contributed by atoms with Crippen LogP contribution >= 0.6 is 0 Å². The fourth-order valence-electron chi connectivity index (χ4n) is 1.93. The molecule has 1 amide bonds. The standard InChI is InChI=1S/C17H17N3O5/c1-12(25-15-9-7-14(24-2)8-10-15)17(21)19-18-11-13-5-3-4-6-16(13)20(22)23/h3-12H,1-2H3,(H,19,21). The van der Waals surface area contributed by atoms with Crippen LogP contribution in [0.15, 0.2) is 53.6 Å². The molecular weight excluding hydrogens is 326 g/mol. The summed E-state index contributed by atoms with van der Waals surface area (Å²) >= 11 is 0. The predicted molar refractivity (Wildman–Crippen MR) is 91.9 cm³/mol. The van der Waals surface area contributed by atoms with E-state index < -0.39 is 16.9 Å². The molecule has 0 fully saturated rings. The third-order valence-corrected chi connectivity index (χ3v) is 3.25. The van der Waals surface area contributed by atoms with Crippen LogP contribution in [0, 0.1) is 10.1 Å². The summed E-state index contributed by atoms with van der Waals surface area (Å²) in [5.74, 6) is 0.704. The van der Waals surface area contributed by atoms with Gasteiger partial charge in [-0.15, -0.1) is 0 Å². The number of amides is 1. The van der Waals surface area contributed by atoms with Gasteiger partial charge in [0.1, 0.15) is 11.5 Å². The van der Waals surface area contributed by atoms with Crippen molar-refractivity contribution in [3.63, 3.8) is 0 Å². The largest absolute Gasteiger partial charge is 0.497 e. The lowest BCUT2D eigenvalue weighted by molar-refractivity contribution is -0.385. The summed E-state index contributed by atoms with van der Waals surface area (Å²) in [6.07, 6.45) is 0.423. The van der Waals surface area contributed by atoms with Crippen LogP contribution in [-0.2, 0) is 4.79 Å². The second-order valence-corrected chi connectivity index (χ2v) is 4.99. The Morgan fingerprint density at radius 1 is 1.20 bits per heavy atom. The molecule has 0 spiro atoms. The maximum absolute atomic E-state index is 12.0. The predicted octanol–water partition coefficient (Wildman–Crippen LogP) is 2.52. The van der Waals surface area contributed by atoms with E-state index in [1.165, 1.54) is 18.3 Å². The van der Waals surface area contributed by atoms with E-state index >= 15 is 0 Å². The molecule has 1 atom stereocenters. The summed E-state index contributed by atoms with van der Waals surface area (Å²) in [6.45, 7) is 1.57. The number of rotatable bonds is 7. The molecule has 0 heterocycles. The number of ether oxygens (including phenoxy) is 2. The second kappa shape index (κ2) is 8.44. The van der Waals surface area contributed by atoms with Crippen LogP contribution in [0.1, 0.15) is 12.5 Å². The monoisotopic (exact) mass is 343 g/mol. The summed E-state index contributed by atoms with van der Waals surface area (Å²) in [5.41, 5.74) is 2.49. The van der Waals surface area contributed by atoms with Crippen LogP contribution in [0.2, 0.25) is 0 Å². The Morgan fingerprint density at radius 3 is 2.48 bits per heavy atom. The van der Waals surface area contributed by atoms with Crippen molar-refractivity contribution in [2.24, 2.45) is 5.10 Å². The topological polar surface area (TPSA) is 103 Å². The average Bonchev–Trinajstić information content (AvgIpc) is 2.62. The van der Waals surface area contributed by atoms with E-state index in [1.54, 1.807) is 50.4 Å². The highest BCUT2D eigenvalue weighted by Gasteiger charge is 2.14. The first-order valence-electron chi connectivity index (χ1n) is 7.38. The minimum absolute atomic E-state index is 0.0944. The highest BCUT2D eigenvalue weighted by atomic mass is 16.6. The summed E-state index contributed by atoms with van der Waals surface area (Å²) in [7, 11) is 1.56. The average molecular weight is 343 g/mol. The highest BCUT2D eigenvalue weighted by molar-refractivity contribution is 5.87. The van der Waals surface area contributed by atoms with Gasteiger partial charge in [-0.1, -0.05) is 12.1 Å². The Kier molecular flexibility index (Phi) is 6.05. The molecule has 2 rings (SSSR count). The molecule has 2 aromatic rings. The van der Waals surface area contributed by atoms with Gasteiger partial charge >= 0.3 is 0 Å². The van der Waals surface area contributed by atoms with E-state index in [2.05, 4.69) is 10.5 Å². The van der Waals surface area contributed by atoms with E-state index in [1.807, 2.05) is 0 Å². The molecule has 0 saturated heterocycles. The number of benzene rings is 2. The van der Waals surface area contributed by atoms with Crippen molar-refractivity contribution < 1.29 is 19.2 Å². The lowest BCUT2D eigenvalue weighted by Crippen LogP contribution is -2.33. The van der Waals surface area contributed by atoms with Gasteiger partial charge in [-0.25, -0.2) is 5.43 Å². The smallest absolute Gasteiger partial charge is 0.280 e. The van der Waals surface area contributed by atoms with Crippen molar-refractivity contribution in [3.05, 3.63) is 64.2 Å². The van der Waals surface area contributed by atoms with E-state index in [0.29, 0.717) is 11.5 Å². The number of hydrogen-bond donors (Lipinski definition) is 1. The number of methoxy groups -OCH3 is 1. The van der Waals surface area contributed by atoms with Crippen molar-refractivity contribution in [1.29, 1.82) is 0 Å². The first-order chi connectivity index (χ1) is 12.0. The summed E-state index contributed by atoms with van der Waals surface area (Å²) in [4.78, 5) is 22.4. The number of carbonyl (C=O) groups excluding carboxylic acids is 1. The van der Waals surface area contributed by atoms with Crippen LogP contribution in [0.5, 0.6) is 11.5 Å². The van der Waals surface area contributed by atoms with Crippen LogP contribution in [0.25, 0.3) is 0 Å². The summed E-state index contributed by atoms with van der Waals surface area (Å²) in [5, 5.41) is 14.6. The number of carbonyl (C=O) groups is 1. The molecule has 8 nitrogen and oxygen atoms in total. The van der Waals surface area contributed by atoms with E-state index in [-0.39, 0.29) is 11.3 Å². The molecular formula is C17H17N3O5. The zero-order chi connectivity index (χ0) is 18.2. The van der Waals surface area contributed by atoms with Crippen LogP contribution < -0.4 is 14.9 Å². The van der Waals surface area contributed by atoms with Crippen molar-refractivity contribution in [3.8, 4) is 11.5 Å². The third-order valence-electron chi connectivity index (χ3n) is 3.25. The van der Waals surface area contributed by atoms with E-state index in [9.17, 15) is 14.9 Å². The molecule has 0 saturated carbocycles. The Morgan fingerprint density at radius 2 is 1.84 bits per heavy atom. The molecule has 0 aliphatic rings. The van der Waals surface area contributed by atoms with Crippen molar-refractivity contribution in [2.75, 3.05) is 7.11 Å². The first kappa shape index (κ1) is 17.9. The molecule has 25 heavy (non-hydrogen) atoms. The quantitative estimate of drug-likeness (QED) is 0.473. The van der Waals surface area contributed by atoms with Gasteiger partial charge in [0.2, 0.25) is 0 Å². The van der Waals surface area contributed by atoms with Gasteiger partial charge in [0, 0.05) is 6.07 Å². The Bertz CT molecular complexity index is 774. The maximum Gasteiger partial charge on any atom is 0.280 e. The van der Waals surface area contributed by atoms with E-state index in [4.69, 9.17) is 9.47 Å². The minimum atomic E-state index is -0.795. The minimum Gasteiger partial charge on any atom is -0.497 e. The zero-order valence-electron chi connectivity index (χ0n) is 13.7. The van der Waals surface area contributed by atoms with Gasteiger partial charge < -0.3 is 9.47 Å². The number of nitro benzene ring substituents is 1. The van der Waals surface area contributed by atoms with Gasteiger partial charge in [-0.2, -0.15) is 5.10 Å². The Balaban J connectivity index is 1.94. The van der Waals surface area contributed by atoms with Crippen molar-refractivity contribution in [2.45, 2.75) is 13.0 Å². The molecule has 1 N–H and O–H groups in total.